The summed E-state index contributed by atoms with van der Waals surface area (Å²) in [5.41, 5.74) is 0. The first-order valence-electron chi connectivity index (χ1n) is 2.80. The summed E-state index contributed by atoms with van der Waals surface area (Å²) in [6, 6.07) is -1.17. The van der Waals surface area contributed by atoms with Gasteiger partial charge in [-0.15, -0.1) is 0 Å². The van der Waals surface area contributed by atoms with Crippen molar-refractivity contribution in [3.63, 3.8) is 0 Å². The van der Waals surface area contributed by atoms with Crippen LogP contribution in [0.3, 0.4) is 0 Å². The summed E-state index contributed by atoms with van der Waals surface area (Å²) in [5, 5.41) is 8.40. The van der Waals surface area contributed by atoms with Gasteiger partial charge in [-0.25, -0.2) is 14.5 Å². The summed E-state index contributed by atoms with van der Waals surface area (Å²) < 4.78 is 4.31. The Balaban J connectivity index is 2.76. The number of carboxylic acids is 1. The third-order valence-corrected chi connectivity index (χ3v) is 1.31. The Bertz CT molecular complexity index is 213. The number of carbonyl (C=O) groups excluding carboxylic acids is 2. The quantitative estimate of drug-likeness (QED) is 0.525. The number of amides is 2. The van der Waals surface area contributed by atoms with E-state index in [1.165, 1.54) is 0 Å². The van der Waals surface area contributed by atoms with Gasteiger partial charge in [-0.05, 0) is 0 Å². The Morgan fingerprint density at radius 2 is 2.45 bits per heavy atom. The number of rotatable bonds is 2. The fourth-order valence-corrected chi connectivity index (χ4v) is 0.739. The molecule has 11 heavy (non-hydrogen) atoms. The zero-order valence-corrected chi connectivity index (χ0v) is 5.39. The summed E-state index contributed by atoms with van der Waals surface area (Å²) in [5.74, 6) is -1.25. The van der Waals surface area contributed by atoms with E-state index in [2.05, 4.69) is 4.74 Å². The van der Waals surface area contributed by atoms with Crippen LogP contribution in [0, 0.1) is 0 Å². The highest BCUT2D eigenvalue weighted by Gasteiger charge is 2.37. The molecule has 0 aromatic carbocycles. The standard InChI is InChI=1S/C5H5NO5/c7-2-6-3(4(8)9)1-11-5(6)10/h2-3H,1H2,(H,8,9)/t3-/m0/s1. The molecular formula is C5H5NO5. The molecule has 0 aliphatic carbocycles. The maximum Gasteiger partial charge on any atom is 0.417 e. The van der Waals surface area contributed by atoms with Gasteiger partial charge >= 0.3 is 12.1 Å². The van der Waals surface area contributed by atoms with E-state index in [9.17, 15) is 14.4 Å². The zero-order valence-electron chi connectivity index (χ0n) is 5.39. The number of carboxylic acid groups (broad SMARTS) is 1. The van der Waals surface area contributed by atoms with Crippen LogP contribution >= 0.6 is 0 Å². The van der Waals surface area contributed by atoms with Crippen LogP contribution in [0.25, 0.3) is 0 Å². The van der Waals surface area contributed by atoms with Crippen molar-refractivity contribution in [3.8, 4) is 0 Å². The highest BCUT2D eigenvalue weighted by molar-refractivity contribution is 5.90. The summed E-state index contributed by atoms with van der Waals surface area (Å²) in [4.78, 5) is 31.4. The first kappa shape index (κ1) is 7.52. The molecule has 1 rings (SSSR count). The van der Waals surface area contributed by atoms with Gasteiger partial charge in [0, 0.05) is 0 Å². The molecule has 0 radical (unpaired) electrons. The largest absolute Gasteiger partial charge is 0.480 e. The van der Waals surface area contributed by atoms with E-state index >= 15 is 0 Å². The lowest BCUT2D eigenvalue weighted by Gasteiger charge is -2.07. The van der Waals surface area contributed by atoms with E-state index in [4.69, 9.17) is 5.11 Å². The second-order valence-electron chi connectivity index (χ2n) is 1.94. The predicted octanol–water partition coefficient (Wildman–Crippen LogP) is -0.952. The highest BCUT2D eigenvalue weighted by atomic mass is 16.6. The Morgan fingerprint density at radius 3 is 2.82 bits per heavy atom. The van der Waals surface area contributed by atoms with Gasteiger partial charge in [0.05, 0.1) is 0 Å². The number of nitrogens with zero attached hydrogens (tertiary/aromatic N) is 1. The van der Waals surface area contributed by atoms with Crippen molar-refractivity contribution in [2.24, 2.45) is 0 Å². The molecule has 1 aliphatic rings. The molecule has 6 heteroatoms. The molecule has 0 aromatic heterocycles. The van der Waals surface area contributed by atoms with Gasteiger partial charge < -0.3 is 9.84 Å². The van der Waals surface area contributed by atoms with Gasteiger partial charge in [0.25, 0.3) is 0 Å². The number of ether oxygens (including phenoxy) is 1. The van der Waals surface area contributed by atoms with E-state index in [1.54, 1.807) is 0 Å². The van der Waals surface area contributed by atoms with E-state index < -0.39 is 18.1 Å². The Morgan fingerprint density at radius 1 is 1.82 bits per heavy atom. The molecule has 6 nitrogen and oxygen atoms in total. The first-order valence-corrected chi connectivity index (χ1v) is 2.80. The van der Waals surface area contributed by atoms with Crippen molar-refractivity contribution in [3.05, 3.63) is 0 Å². The minimum atomic E-state index is -1.25. The molecule has 1 N–H and O–H groups in total. The van der Waals surface area contributed by atoms with Gasteiger partial charge in [0.15, 0.2) is 6.04 Å². The molecule has 0 spiro atoms. The van der Waals surface area contributed by atoms with Crippen LogP contribution in [0.5, 0.6) is 0 Å². The summed E-state index contributed by atoms with van der Waals surface area (Å²) >= 11 is 0. The molecule has 1 heterocycles. The normalized spacial score (nSPS) is 23.1. The molecule has 1 saturated heterocycles. The Hall–Kier alpha value is -1.59. The van der Waals surface area contributed by atoms with Crippen molar-refractivity contribution >= 4 is 18.5 Å². The number of hydrogen-bond acceptors (Lipinski definition) is 4. The SMILES string of the molecule is O=CN1C(=O)OC[C@H]1C(=O)O. The lowest BCUT2D eigenvalue weighted by atomic mass is 10.3. The van der Waals surface area contributed by atoms with Gasteiger partial charge in [0.1, 0.15) is 6.61 Å². The molecule has 0 bridgehead atoms. The molecule has 1 atom stereocenters. The molecular weight excluding hydrogens is 154 g/mol. The van der Waals surface area contributed by atoms with Gasteiger partial charge in [0.2, 0.25) is 6.41 Å². The fraction of sp³-hybridized carbons (Fsp3) is 0.400. The fourth-order valence-electron chi connectivity index (χ4n) is 0.739. The second-order valence-corrected chi connectivity index (χ2v) is 1.94. The van der Waals surface area contributed by atoms with Crippen molar-refractivity contribution < 1.29 is 24.2 Å². The van der Waals surface area contributed by atoms with Crippen LogP contribution in [-0.2, 0) is 14.3 Å². The maximum atomic E-state index is 10.5. The average molecular weight is 159 g/mol. The topological polar surface area (TPSA) is 83.9 Å². The van der Waals surface area contributed by atoms with Crippen molar-refractivity contribution in [2.75, 3.05) is 6.61 Å². The average Bonchev–Trinajstić information content (AvgIpc) is 2.30. The Kier molecular flexibility index (Phi) is 1.75. The van der Waals surface area contributed by atoms with E-state index in [1.807, 2.05) is 0 Å². The van der Waals surface area contributed by atoms with Crippen molar-refractivity contribution in [1.82, 2.24) is 4.90 Å². The smallest absolute Gasteiger partial charge is 0.417 e. The number of aliphatic carboxylic acids is 1. The van der Waals surface area contributed by atoms with Crippen LogP contribution in [-0.4, -0.2) is 41.1 Å². The first-order chi connectivity index (χ1) is 5.16. The summed E-state index contributed by atoms with van der Waals surface area (Å²) in [7, 11) is 0. The van der Waals surface area contributed by atoms with Crippen molar-refractivity contribution in [1.29, 1.82) is 0 Å². The van der Waals surface area contributed by atoms with Crippen LogP contribution in [0.1, 0.15) is 0 Å². The van der Waals surface area contributed by atoms with E-state index in [-0.39, 0.29) is 13.0 Å². The molecule has 0 unspecified atom stereocenters. The number of imide groups is 1. The van der Waals surface area contributed by atoms with E-state index in [0.29, 0.717) is 4.90 Å². The summed E-state index contributed by atoms with van der Waals surface area (Å²) in [6.07, 6.45) is -0.763. The third-order valence-electron chi connectivity index (χ3n) is 1.31. The molecule has 1 aliphatic heterocycles. The lowest BCUT2D eigenvalue weighted by Crippen LogP contribution is -2.38. The molecule has 60 valence electrons. The minimum absolute atomic E-state index is 0.147. The maximum absolute atomic E-state index is 10.5. The van der Waals surface area contributed by atoms with Gasteiger partial charge in [-0.2, -0.15) is 0 Å². The van der Waals surface area contributed by atoms with E-state index in [0.717, 1.165) is 0 Å². The Labute approximate surface area is 61.3 Å². The number of carbonyl (C=O) groups is 3. The monoisotopic (exact) mass is 159 g/mol. The summed E-state index contributed by atoms with van der Waals surface area (Å²) in [6.45, 7) is -0.271. The molecule has 0 aromatic rings. The predicted molar refractivity (Wildman–Crippen MR) is 30.7 cm³/mol. The lowest BCUT2D eigenvalue weighted by molar-refractivity contribution is -0.143. The molecule has 2 amide bonds. The van der Waals surface area contributed by atoms with Crippen molar-refractivity contribution in [2.45, 2.75) is 6.04 Å². The van der Waals surface area contributed by atoms with Crippen LogP contribution in [0.4, 0.5) is 4.79 Å². The zero-order chi connectivity index (χ0) is 8.43. The molecule has 1 fully saturated rings. The molecule has 0 saturated carbocycles. The van der Waals surface area contributed by atoms with Crippen LogP contribution < -0.4 is 0 Å². The van der Waals surface area contributed by atoms with Gasteiger partial charge in [-0.1, -0.05) is 0 Å². The van der Waals surface area contributed by atoms with Crippen LogP contribution in [0.15, 0.2) is 0 Å². The second kappa shape index (κ2) is 2.57. The third kappa shape index (κ3) is 1.14. The highest BCUT2D eigenvalue weighted by Crippen LogP contribution is 2.09. The number of hydrogen-bond donors (Lipinski definition) is 1. The van der Waals surface area contributed by atoms with Crippen LogP contribution in [0.2, 0.25) is 0 Å². The van der Waals surface area contributed by atoms with Gasteiger partial charge in [-0.3, -0.25) is 4.79 Å². The minimum Gasteiger partial charge on any atom is -0.480 e. The number of cyclic esters (lactones) is 1.